The van der Waals surface area contributed by atoms with Gasteiger partial charge in [0.05, 0.1) is 18.4 Å². The molecule has 1 aromatic carbocycles. The molecule has 148 valence electrons. The Kier molecular flexibility index (Phi) is 6.34. The van der Waals surface area contributed by atoms with Gasteiger partial charge in [0.2, 0.25) is 0 Å². The summed E-state index contributed by atoms with van der Waals surface area (Å²) in [5, 5.41) is 3.46. The summed E-state index contributed by atoms with van der Waals surface area (Å²) in [4.78, 5) is 19.3. The highest BCUT2D eigenvalue weighted by molar-refractivity contribution is 5.94. The van der Waals surface area contributed by atoms with Crippen molar-refractivity contribution in [2.75, 3.05) is 26.2 Å². The first-order chi connectivity index (χ1) is 13.8. The zero-order valence-corrected chi connectivity index (χ0v) is 16.3. The Morgan fingerprint density at radius 1 is 1.14 bits per heavy atom. The molecule has 2 aromatic rings. The molecule has 5 heteroatoms. The molecule has 2 fully saturated rings. The lowest BCUT2D eigenvalue weighted by Gasteiger charge is -2.32. The highest BCUT2D eigenvalue weighted by Crippen LogP contribution is 2.25. The van der Waals surface area contributed by atoms with Crippen molar-refractivity contribution in [3.05, 3.63) is 65.5 Å². The molecule has 0 unspecified atom stereocenters. The molecular formula is C23H29N3O2. The molecule has 28 heavy (non-hydrogen) atoms. The van der Waals surface area contributed by atoms with E-state index in [0.717, 1.165) is 50.3 Å². The third-order valence-corrected chi connectivity index (χ3v) is 5.82. The van der Waals surface area contributed by atoms with Crippen LogP contribution in [0.5, 0.6) is 0 Å². The number of aromatic nitrogens is 1. The summed E-state index contributed by atoms with van der Waals surface area (Å²) < 4.78 is 5.99. The molecule has 0 saturated carbocycles. The molecule has 0 radical (unpaired) electrons. The first-order valence-corrected chi connectivity index (χ1v) is 10.4. The number of amides is 1. The van der Waals surface area contributed by atoms with Gasteiger partial charge in [-0.3, -0.25) is 9.78 Å². The molecule has 1 atom stereocenters. The van der Waals surface area contributed by atoms with Gasteiger partial charge in [0, 0.05) is 31.4 Å². The SMILES string of the molecule is O=C(c1cccc([C@@H]2CCCNC2)c1)N1CCC(OCc2ccccn2)CC1. The van der Waals surface area contributed by atoms with Crippen LogP contribution in [0.3, 0.4) is 0 Å². The molecule has 0 aliphatic carbocycles. The molecule has 2 saturated heterocycles. The summed E-state index contributed by atoms with van der Waals surface area (Å²) in [7, 11) is 0. The number of carbonyl (C=O) groups excluding carboxylic acids is 1. The van der Waals surface area contributed by atoms with Crippen molar-refractivity contribution >= 4 is 5.91 Å². The second-order valence-corrected chi connectivity index (χ2v) is 7.79. The highest BCUT2D eigenvalue weighted by atomic mass is 16.5. The van der Waals surface area contributed by atoms with Crippen molar-refractivity contribution < 1.29 is 9.53 Å². The van der Waals surface area contributed by atoms with Crippen LogP contribution in [0.4, 0.5) is 0 Å². The molecule has 1 aromatic heterocycles. The lowest BCUT2D eigenvalue weighted by molar-refractivity contribution is -0.00161. The number of pyridine rings is 1. The zero-order chi connectivity index (χ0) is 19.2. The number of rotatable bonds is 5. The summed E-state index contributed by atoms with van der Waals surface area (Å²) in [6.45, 7) is 4.15. The van der Waals surface area contributed by atoms with Crippen molar-refractivity contribution in [2.45, 2.75) is 44.3 Å². The van der Waals surface area contributed by atoms with E-state index in [1.807, 2.05) is 35.2 Å². The van der Waals surface area contributed by atoms with Gasteiger partial charge in [-0.2, -0.15) is 0 Å². The Labute approximate surface area is 167 Å². The van der Waals surface area contributed by atoms with Gasteiger partial charge in [-0.1, -0.05) is 18.2 Å². The van der Waals surface area contributed by atoms with E-state index in [-0.39, 0.29) is 12.0 Å². The van der Waals surface area contributed by atoms with Crippen molar-refractivity contribution in [3.8, 4) is 0 Å². The normalized spacial score (nSPS) is 20.9. The Hall–Kier alpha value is -2.24. The van der Waals surface area contributed by atoms with E-state index < -0.39 is 0 Å². The van der Waals surface area contributed by atoms with Gasteiger partial charge in [0.25, 0.3) is 5.91 Å². The third-order valence-electron chi connectivity index (χ3n) is 5.82. The van der Waals surface area contributed by atoms with Gasteiger partial charge in [-0.15, -0.1) is 0 Å². The molecule has 1 amide bonds. The standard InChI is InChI=1S/C23H29N3O2/c27-23(19-6-3-5-18(15-19)20-7-4-11-24-16-20)26-13-9-22(10-14-26)28-17-21-8-1-2-12-25-21/h1-3,5-6,8,12,15,20,22,24H,4,7,9-11,13-14,16-17H2/t20-/m1/s1. The van der Waals surface area contributed by atoms with Crippen LogP contribution < -0.4 is 5.32 Å². The summed E-state index contributed by atoms with van der Waals surface area (Å²) in [6, 6.07) is 14.1. The monoisotopic (exact) mass is 379 g/mol. The molecule has 0 bridgehead atoms. The summed E-state index contributed by atoms with van der Waals surface area (Å²) in [5.74, 6) is 0.668. The van der Waals surface area contributed by atoms with Crippen molar-refractivity contribution in [1.82, 2.24) is 15.2 Å². The van der Waals surface area contributed by atoms with Crippen LogP contribution in [0.2, 0.25) is 0 Å². The Bertz CT molecular complexity index is 766. The quantitative estimate of drug-likeness (QED) is 0.865. The van der Waals surface area contributed by atoms with Gasteiger partial charge in [0.1, 0.15) is 0 Å². The largest absolute Gasteiger partial charge is 0.372 e. The first-order valence-electron chi connectivity index (χ1n) is 10.4. The van der Waals surface area contributed by atoms with E-state index in [1.54, 1.807) is 6.20 Å². The van der Waals surface area contributed by atoms with E-state index in [0.29, 0.717) is 12.5 Å². The number of nitrogens with zero attached hydrogens (tertiary/aromatic N) is 2. The highest BCUT2D eigenvalue weighted by Gasteiger charge is 2.25. The molecule has 3 heterocycles. The maximum atomic E-state index is 13.0. The zero-order valence-electron chi connectivity index (χ0n) is 16.3. The minimum absolute atomic E-state index is 0.147. The molecular weight excluding hydrogens is 350 g/mol. The number of nitrogens with one attached hydrogen (secondary N) is 1. The summed E-state index contributed by atoms with van der Waals surface area (Å²) >= 11 is 0. The van der Waals surface area contributed by atoms with E-state index in [1.165, 1.54) is 18.4 Å². The first kappa shape index (κ1) is 19.1. The van der Waals surface area contributed by atoms with Crippen LogP contribution >= 0.6 is 0 Å². The molecule has 1 N–H and O–H groups in total. The fourth-order valence-electron chi connectivity index (χ4n) is 4.16. The molecule has 2 aliphatic rings. The van der Waals surface area contributed by atoms with Crippen LogP contribution in [0.1, 0.15) is 53.2 Å². The number of likely N-dealkylation sites (tertiary alicyclic amines) is 1. The fourth-order valence-corrected chi connectivity index (χ4v) is 4.16. The lowest BCUT2D eigenvalue weighted by Crippen LogP contribution is -2.41. The van der Waals surface area contributed by atoms with Crippen molar-refractivity contribution in [3.63, 3.8) is 0 Å². The lowest BCUT2D eigenvalue weighted by atomic mass is 9.90. The van der Waals surface area contributed by atoms with Crippen molar-refractivity contribution in [2.24, 2.45) is 0 Å². The number of hydrogen-bond acceptors (Lipinski definition) is 4. The topological polar surface area (TPSA) is 54.5 Å². The number of carbonyl (C=O) groups is 1. The maximum Gasteiger partial charge on any atom is 0.253 e. The second kappa shape index (κ2) is 9.30. The van der Waals surface area contributed by atoms with Crippen molar-refractivity contribution in [1.29, 1.82) is 0 Å². The van der Waals surface area contributed by atoms with Crippen LogP contribution in [0.15, 0.2) is 48.7 Å². The Morgan fingerprint density at radius 2 is 2.04 bits per heavy atom. The minimum Gasteiger partial charge on any atom is -0.372 e. The second-order valence-electron chi connectivity index (χ2n) is 7.79. The molecule has 2 aliphatic heterocycles. The van der Waals surface area contributed by atoms with Gasteiger partial charge < -0.3 is 15.0 Å². The average Bonchev–Trinajstić information content (AvgIpc) is 2.79. The third kappa shape index (κ3) is 4.78. The number of hydrogen-bond donors (Lipinski definition) is 1. The van der Waals surface area contributed by atoms with Crippen LogP contribution in [0.25, 0.3) is 0 Å². The summed E-state index contributed by atoms with van der Waals surface area (Å²) in [5.41, 5.74) is 3.05. The van der Waals surface area contributed by atoms with Crippen LogP contribution in [-0.4, -0.2) is 48.1 Å². The van der Waals surface area contributed by atoms with Gasteiger partial charge >= 0.3 is 0 Å². The van der Waals surface area contributed by atoms with E-state index >= 15 is 0 Å². The predicted molar refractivity (Wildman–Crippen MR) is 109 cm³/mol. The van der Waals surface area contributed by atoms with Gasteiger partial charge in [0.15, 0.2) is 0 Å². The number of benzene rings is 1. The predicted octanol–water partition coefficient (Wildman–Crippen LogP) is 3.37. The van der Waals surface area contributed by atoms with E-state index in [2.05, 4.69) is 22.4 Å². The van der Waals surface area contributed by atoms with E-state index in [9.17, 15) is 4.79 Å². The number of piperidine rings is 2. The van der Waals surface area contributed by atoms with Gasteiger partial charge in [-0.25, -0.2) is 0 Å². The smallest absolute Gasteiger partial charge is 0.253 e. The fraction of sp³-hybridized carbons (Fsp3) is 0.478. The molecule has 0 spiro atoms. The minimum atomic E-state index is 0.147. The average molecular weight is 380 g/mol. The van der Waals surface area contributed by atoms with Crippen LogP contribution in [-0.2, 0) is 11.3 Å². The van der Waals surface area contributed by atoms with Gasteiger partial charge in [-0.05, 0) is 68.0 Å². The molecule has 5 nitrogen and oxygen atoms in total. The number of ether oxygens (including phenoxy) is 1. The van der Waals surface area contributed by atoms with Crippen LogP contribution in [0, 0.1) is 0 Å². The molecule has 4 rings (SSSR count). The van der Waals surface area contributed by atoms with E-state index in [4.69, 9.17) is 4.74 Å². The maximum absolute atomic E-state index is 13.0. The Balaban J connectivity index is 1.30. The summed E-state index contributed by atoms with van der Waals surface area (Å²) in [6.07, 6.45) is 6.15. The Morgan fingerprint density at radius 3 is 2.79 bits per heavy atom.